The molecule has 0 amide bonds. The maximum atomic E-state index is 5.59. The number of benzene rings is 9. The number of fused-ring (bicyclic) bond motifs is 3. The molecule has 11 rings (SSSR count). The molecule has 0 saturated carbocycles. The molecular weight excluding hydrogens is 777 g/mol. The fourth-order valence-corrected chi connectivity index (χ4v) is 12.6. The Morgan fingerprint density at radius 2 is 0.587 bits per heavy atom. The van der Waals surface area contributed by atoms with Gasteiger partial charge in [-0.25, -0.2) is 9.97 Å². The third-order valence-electron chi connectivity index (χ3n) is 12.6. The molecule has 0 N–H and O–H groups in total. The lowest BCUT2D eigenvalue weighted by Crippen LogP contribution is -2.50. The van der Waals surface area contributed by atoms with E-state index in [1.807, 2.05) is 0 Å². The summed E-state index contributed by atoms with van der Waals surface area (Å²) in [5, 5.41) is 2.71. The molecule has 0 radical (unpaired) electrons. The van der Waals surface area contributed by atoms with Crippen LogP contribution in [0, 0.1) is 0 Å². The quantitative estimate of drug-likeness (QED) is 0.143. The van der Waals surface area contributed by atoms with Crippen molar-refractivity contribution in [2.45, 2.75) is 13.1 Å². The van der Waals surface area contributed by atoms with Crippen LogP contribution in [0.5, 0.6) is 0 Å². The summed E-state index contributed by atoms with van der Waals surface area (Å²) in [5.41, 5.74) is 19.6. The molecule has 298 valence electrons. The SMILES string of the molecule is C[Si]1(C)c2ccccc2-c2nc(-c3cccc(-c4cccc(-c5cccc(-c6ccccc6)c5)c4)c3)nc(-c3cccc(-c4cc(-c5ccccc5)cc(-c5ccccc5)c4)c3)c21. The molecule has 0 spiro atoms. The van der Waals surface area contributed by atoms with Gasteiger partial charge in [0.1, 0.15) is 8.07 Å². The van der Waals surface area contributed by atoms with Crippen molar-refractivity contribution in [3.05, 3.63) is 231 Å². The van der Waals surface area contributed by atoms with E-state index < -0.39 is 8.07 Å². The van der Waals surface area contributed by atoms with E-state index in [4.69, 9.17) is 9.97 Å². The van der Waals surface area contributed by atoms with E-state index in [0.29, 0.717) is 0 Å². The number of hydrogen-bond acceptors (Lipinski definition) is 2. The summed E-state index contributed by atoms with van der Waals surface area (Å²) >= 11 is 0. The molecule has 1 aliphatic heterocycles. The molecule has 2 heterocycles. The van der Waals surface area contributed by atoms with E-state index in [9.17, 15) is 0 Å². The molecule has 0 unspecified atom stereocenters. The average molecular weight is 821 g/mol. The van der Waals surface area contributed by atoms with Crippen LogP contribution in [0.4, 0.5) is 0 Å². The maximum absolute atomic E-state index is 5.59. The summed E-state index contributed by atoms with van der Waals surface area (Å²) in [4.78, 5) is 11.1. The lowest BCUT2D eigenvalue weighted by Gasteiger charge is -2.22. The molecule has 0 saturated heterocycles. The minimum Gasteiger partial charge on any atom is -0.228 e. The fourth-order valence-electron chi connectivity index (χ4n) is 9.41. The van der Waals surface area contributed by atoms with Crippen molar-refractivity contribution in [1.29, 1.82) is 0 Å². The Balaban J connectivity index is 1.03. The largest absolute Gasteiger partial charge is 0.228 e. The van der Waals surface area contributed by atoms with Gasteiger partial charge in [-0.2, -0.15) is 0 Å². The summed E-state index contributed by atoms with van der Waals surface area (Å²) < 4.78 is 0. The highest BCUT2D eigenvalue weighted by atomic mass is 28.3. The Labute approximate surface area is 370 Å². The average Bonchev–Trinajstić information content (AvgIpc) is 3.60. The Morgan fingerprint density at radius 3 is 1.11 bits per heavy atom. The van der Waals surface area contributed by atoms with E-state index in [1.165, 1.54) is 66.0 Å². The molecule has 0 bridgehead atoms. The third kappa shape index (κ3) is 7.23. The Hall–Kier alpha value is -7.72. The monoisotopic (exact) mass is 820 g/mol. The van der Waals surface area contributed by atoms with Crippen LogP contribution in [0.2, 0.25) is 13.1 Å². The topological polar surface area (TPSA) is 25.8 Å². The highest BCUT2D eigenvalue weighted by molar-refractivity contribution is 7.04. The molecular formula is C60H44N2Si. The Kier molecular flexibility index (Phi) is 9.68. The van der Waals surface area contributed by atoms with Gasteiger partial charge in [-0.15, -0.1) is 0 Å². The predicted molar refractivity (Wildman–Crippen MR) is 268 cm³/mol. The van der Waals surface area contributed by atoms with E-state index in [0.717, 1.165) is 45.0 Å². The summed E-state index contributed by atoms with van der Waals surface area (Å²) in [6.45, 7) is 4.90. The van der Waals surface area contributed by atoms with Gasteiger partial charge < -0.3 is 0 Å². The van der Waals surface area contributed by atoms with Crippen molar-refractivity contribution in [3.63, 3.8) is 0 Å². The van der Waals surface area contributed by atoms with Crippen molar-refractivity contribution in [3.8, 4) is 101 Å². The summed E-state index contributed by atoms with van der Waals surface area (Å²) in [5.74, 6) is 0.738. The second-order valence-electron chi connectivity index (χ2n) is 17.0. The van der Waals surface area contributed by atoms with Crippen LogP contribution in [0.3, 0.4) is 0 Å². The van der Waals surface area contributed by atoms with Crippen molar-refractivity contribution in [2.75, 3.05) is 0 Å². The van der Waals surface area contributed by atoms with E-state index >= 15 is 0 Å². The van der Waals surface area contributed by atoms with Crippen LogP contribution >= 0.6 is 0 Å². The van der Waals surface area contributed by atoms with Gasteiger partial charge in [-0.05, 0) is 125 Å². The molecule has 3 heteroatoms. The zero-order valence-corrected chi connectivity index (χ0v) is 36.3. The van der Waals surface area contributed by atoms with Crippen molar-refractivity contribution >= 4 is 18.4 Å². The smallest absolute Gasteiger partial charge is 0.160 e. The fraction of sp³-hybridized carbons (Fsp3) is 0.0333. The number of aromatic nitrogens is 2. The van der Waals surface area contributed by atoms with Crippen LogP contribution < -0.4 is 10.4 Å². The van der Waals surface area contributed by atoms with Gasteiger partial charge in [0.25, 0.3) is 0 Å². The molecule has 63 heavy (non-hydrogen) atoms. The van der Waals surface area contributed by atoms with Gasteiger partial charge >= 0.3 is 0 Å². The summed E-state index contributed by atoms with van der Waals surface area (Å²) in [6, 6.07) is 83.2. The minimum absolute atomic E-state index is 0.738. The van der Waals surface area contributed by atoms with Gasteiger partial charge in [-0.3, -0.25) is 0 Å². The zero-order valence-electron chi connectivity index (χ0n) is 35.3. The summed E-state index contributed by atoms with van der Waals surface area (Å²) in [7, 11) is -2.19. The maximum Gasteiger partial charge on any atom is 0.160 e. The molecule has 1 aromatic heterocycles. The Morgan fingerprint density at radius 1 is 0.270 bits per heavy atom. The van der Waals surface area contributed by atoms with Crippen LogP contribution in [0.25, 0.3) is 101 Å². The second-order valence-corrected chi connectivity index (χ2v) is 21.3. The van der Waals surface area contributed by atoms with E-state index in [-0.39, 0.29) is 0 Å². The second kappa shape index (κ2) is 16.0. The van der Waals surface area contributed by atoms with Gasteiger partial charge in [0.05, 0.1) is 11.4 Å². The van der Waals surface area contributed by atoms with Crippen LogP contribution in [0.15, 0.2) is 231 Å². The van der Waals surface area contributed by atoms with Gasteiger partial charge in [0, 0.05) is 11.1 Å². The molecule has 2 nitrogen and oxygen atoms in total. The van der Waals surface area contributed by atoms with Crippen LogP contribution in [0.1, 0.15) is 0 Å². The number of rotatable bonds is 8. The van der Waals surface area contributed by atoms with Gasteiger partial charge in [0.2, 0.25) is 0 Å². The molecule has 0 fully saturated rings. The molecule has 10 aromatic rings. The van der Waals surface area contributed by atoms with Crippen LogP contribution in [-0.2, 0) is 0 Å². The zero-order chi connectivity index (χ0) is 42.3. The lowest BCUT2D eigenvalue weighted by atomic mass is 9.92. The Bertz CT molecular complexity index is 3240. The van der Waals surface area contributed by atoms with Crippen LogP contribution in [-0.4, -0.2) is 18.0 Å². The highest BCUT2D eigenvalue weighted by Gasteiger charge is 2.41. The van der Waals surface area contributed by atoms with Crippen molar-refractivity contribution in [2.24, 2.45) is 0 Å². The van der Waals surface area contributed by atoms with E-state index in [2.05, 4.69) is 244 Å². The normalized spacial score (nSPS) is 12.4. The summed E-state index contributed by atoms with van der Waals surface area (Å²) in [6.07, 6.45) is 0. The van der Waals surface area contributed by atoms with Gasteiger partial charge in [-0.1, -0.05) is 201 Å². The first kappa shape index (κ1) is 38.2. The number of nitrogens with zero attached hydrogens (tertiary/aromatic N) is 2. The van der Waals surface area contributed by atoms with E-state index in [1.54, 1.807) is 0 Å². The van der Waals surface area contributed by atoms with Crippen molar-refractivity contribution in [1.82, 2.24) is 9.97 Å². The first-order valence-electron chi connectivity index (χ1n) is 21.7. The first-order chi connectivity index (χ1) is 31.0. The third-order valence-corrected chi connectivity index (χ3v) is 16.1. The first-order valence-corrected chi connectivity index (χ1v) is 24.7. The highest BCUT2D eigenvalue weighted by Crippen LogP contribution is 2.38. The molecule has 0 atom stereocenters. The van der Waals surface area contributed by atoms with Gasteiger partial charge in [0.15, 0.2) is 5.82 Å². The number of hydrogen-bond donors (Lipinski definition) is 0. The molecule has 0 aliphatic carbocycles. The molecule has 9 aromatic carbocycles. The lowest BCUT2D eigenvalue weighted by molar-refractivity contribution is 1.20. The molecule has 1 aliphatic rings. The predicted octanol–water partition coefficient (Wildman–Crippen LogP) is 14.6. The standard InChI is InChI=1S/C60H44N2Si/c1-63(2)56-33-13-12-32-55(56)58-59(63)57(50-30-16-29-49(36-50)54-39-52(42-20-8-4-9-21-42)38-53(40-54)43-22-10-5-11-23-43)61-60(62-58)51-31-17-28-48(37-51)47-27-15-26-46(35-47)45-25-14-24-44(34-45)41-18-6-3-7-19-41/h3-40H,1-2H3. The minimum atomic E-state index is -2.19. The van der Waals surface area contributed by atoms with Crippen molar-refractivity contribution < 1.29 is 0 Å².